The third kappa shape index (κ3) is 2.90. The zero-order valence-corrected chi connectivity index (χ0v) is 12.6. The van der Waals surface area contributed by atoms with Crippen LogP contribution in [-0.2, 0) is 9.53 Å². The van der Waals surface area contributed by atoms with Gasteiger partial charge in [-0.05, 0) is 25.0 Å². The molecule has 1 aromatic carbocycles. The van der Waals surface area contributed by atoms with Crippen LogP contribution in [0.2, 0.25) is 0 Å². The van der Waals surface area contributed by atoms with E-state index in [-0.39, 0.29) is 12.0 Å². The molecular weight excluding hydrogens is 276 g/mol. The molecule has 0 aliphatic carbocycles. The molecule has 20 heavy (non-hydrogen) atoms. The highest BCUT2D eigenvalue weighted by Crippen LogP contribution is 2.25. The van der Waals surface area contributed by atoms with Crippen LogP contribution < -0.4 is 5.32 Å². The number of anilines is 1. The summed E-state index contributed by atoms with van der Waals surface area (Å²) in [6.07, 6.45) is 0. The molecule has 1 aliphatic rings. The number of carbonyl (C=O) groups excluding carboxylic acids is 2. The number of amides is 2. The third-order valence-electron chi connectivity index (χ3n) is 3.33. The Hall–Kier alpha value is -1.69. The zero-order valence-electron chi connectivity index (χ0n) is 11.8. The number of methoxy groups -OCH3 is 1. The highest BCUT2D eigenvalue weighted by atomic mass is 32.2. The van der Waals surface area contributed by atoms with Crippen molar-refractivity contribution in [2.45, 2.75) is 19.9 Å². The predicted molar refractivity (Wildman–Crippen MR) is 79.9 cm³/mol. The van der Waals surface area contributed by atoms with Crippen molar-refractivity contribution in [2.75, 3.05) is 24.1 Å². The molecule has 1 aromatic rings. The van der Waals surface area contributed by atoms with Gasteiger partial charge in [-0.15, -0.1) is 11.8 Å². The fourth-order valence-corrected chi connectivity index (χ4v) is 3.30. The molecule has 0 spiro atoms. The smallest absolute Gasteiger partial charge is 0.329 e. The molecule has 1 unspecified atom stereocenters. The summed E-state index contributed by atoms with van der Waals surface area (Å²) in [5.74, 6) is 0.704. The lowest BCUT2D eigenvalue weighted by atomic mass is 10.1. The van der Waals surface area contributed by atoms with Crippen LogP contribution in [0.25, 0.3) is 0 Å². The molecule has 6 heteroatoms. The van der Waals surface area contributed by atoms with Crippen molar-refractivity contribution >= 4 is 29.4 Å². The number of hydrogen-bond donors (Lipinski definition) is 1. The summed E-state index contributed by atoms with van der Waals surface area (Å²) in [5, 5.41) is 2.90. The number of benzene rings is 1. The lowest BCUT2D eigenvalue weighted by Crippen LogP contribution is -2.44. The predicted octanol–water partition coefficient (Wildman–Crippen LogP) is 2.38. The number of para-hydroxylation sites is 1. The number of esters is 1. The molecule has 1 atom stereocenters. The minimum Gasteiger partial charge on any atom is -0.467 e. The van der Waals surface area contributed by atoms with E-state index in [4.69, 9.17) is 4.74 Å². The Bertz CT molecular complexity index is 513. The average Bonchev–Trinajstić information content (AvgIpc) is 2.91. The molecule has 1 saturated heterocycles. The largest absolute Gasteiger partial charge is 0.467 e. The van der Waals surface area contributed by atoms with E-state index in [1.807, 2.05) is 32.0 Å². The first-order chi connectivity index (χ1) is 9.54. The van der Waals surface area contributed by atoms with Crippen LogP contribution in [-0.4, -0.2) is 41.7 Å². The van der Waals surface area contributed by atoms with Gasteiger partial charge < -0.3 is 15.0 Å². The Morgan fingerprint density at radius 1 is 1.35 bits per heavy atom. The molecule has 1 aliphatic heterocycles. The second kappa shape index (κ2) is 6.17. The van der Waals surface area contributed by atoms with Crippen LogP contribution in [0.4, 0.5) is 10.5 Å². The average molecular weight is 294 g/mol. The number of ether oxygens (including phenoxy) is 1. The molecule has 1 fully saturated rings. The van der Waals surface area contributed by atoms with Gasteiger partial charge in [0.25, 0.3) is 0 Å². The second-order valence-corrected chi connectivity index (χ2v) is 5.71. The molecular formula is C14H18N2O3S. The van der Waals surface area contributed by atoms with Crippen molar-refractivity contribution in [3.05, 3.63) is 29.3 Å². The number of aryl methyl sites for hydroxylation is 2. The van der Waals surface area contributed by atoms with Crippen LogP contribution in [0.1, 0.15) is 11.1 Å². The van der Waals surface area contributed by atoms with E-state index in [2.05, 4.69) is 5.32 Å². The van der Waals surface area contributed by atoms with Crippen LogP contribution in [0.5, 0.6) is 0 Å². The Morgan fingerprint density at radius 2 is 2.00 bits per heavy atom. The normalized spacial score (nSPS) is 17.9. The minimum atomic E-state index is -0.505. The minimum absolute atomic E-state index is 0.261. The van der Waals surface area contributed by atoms with Crippen LogP contribution in [0.3, 0.4) is 0 Å². The van der Waals surface area contributed by atoms with E-state index in [0.29, 0.717) is 11.6 Å². The topological polar surface area (TPSA) is 58.6 Å². The Kier molecular flexibility index (Phi) is 4.54. The standard InChI is InChI=1S/C14H18N2O3S/c1-9-5-4-6-10(2)12(9)15-14(18)16-8-20-7-11(16)13(17)19-3/h4-6,11H,7-8H2,1-3H3,(H,15,18). The van der Waals surface area contributed by atoms with Gasteiger partial charge >= 0.3 is 12.0 Å². The maximum atomic E-state index is 12.3. The van der Waals surface area contributed by atoms with E-state index >= 15 is 0 Å². The van der Waals surface area contributed by atoms with Crippen molar-refractivity contribution in [1.29, 1.82) is 0 Å². The number of urea groups is 1. The number of nitrogens with zero attached hydrogens (tertiary/aromatic N) is 1. The van der Waals surface area contributed by atoms with Crippen LogP contribution in [0.15, 0.2) is 18.2 Å². The Balaban J connectivity index is 2.14. The number of hydrogen-bond acceptors (Lipinski definition) is 4. The summed E-state index contributed by atoms with van der Waals surface area (Å²) in [4.78, 5) is 25.5. The van der Waals surface area contributed by atoms with E-state index in [9.17, 15) is 9.59 Å². The molecule has 5 nitrogen and oxygen atoms in total. The maximum Gasteiger partial charge on any atom is 0.329 e. The van der Waals surface area contributed by atoms with Crippen molar-refractivity contribution in [2.24, 2.45) is 0 Å². The van der Waals surface area contributed by atoms with E-state index < -0.39 is 6.04 Å². The molecule has 1 N–H and O–H groups in total. The van der Waals surface area contributed by atoms with Crippen molar-refractivity contribution in [1.82, 2.24) is 4.90 Å². The summed E-state index contributed by atoms with van der Waals surface area (Å²) >= 11 is 1.55. The molecule has 0 bridgehead atoms. The van der Waals surface area contributed by atoms with Crippen molar-refractivity contribution < 1.29 is 14.3 Å². The van der Waals surface area contributed by atoms with Crippen LogP contribution in [0, 0.1) is 13.8 Å². The van der Waals surface area contributed by atoms with Gasteiger partial charge in [-0.3, -0.25) is 0 Å². The van der Waals surface area contributed by atoms with Gasteiger partial charge in [-0.25, -0.2) is 9.59 Å². The SMILES string of the molecule is COC(=O)C1CSCN1C(=O)Nc1c(C)cccc1C. The molecule has 2 amide bonds. The first kappa shape index (κ1) is 14.7. The first-order valence-corrected chi connectivity index (χ1v) is 7.49. The number of carbonyl (C=O) groups is 2. The fourth-order valence-electron chi connectivity index (χ4n) is 2.16. The van der Waals surface area contributed by atoms with Gasteiger partial charge in [0.1, 0.15) is 6.04 Å². The third-order valence-corrected chi connectivity index (χ3v) is 4.34. The number of rotatable bonds is 2. The fraction of sp³-hybridized carbons (Fsp3) is 0.429. The van der Waals surface area contributed by atoms with Crippen molar-refractivity contribution in [3.8, 4) is 0 Å². The molecule has 2 rings (SSSR count). The monoisotopic (exact) mass is 294 g/mol. The van der Waals surface area contributed by atoms with Gasteiger partial charge in [0, 0.05) is 11.4 Å². The van der Waals surface area contributed by atoms with Crippen molar-refractivity contribution in [3.63, 3.8) is 0 Å². The highest BCUT2D eigenvalue weighted by molar-refractivity contribution is 7.99. The second-order valence-electron chi connectivity index (χ2n) is 4.71. The summed E-state index contributed by atoms with van der Waals surface area (Å²) in [6.45, 7) is 3.89. The van der Waals surface area contributed by atoms with Gasteiger partial charge in [0.05, 0.1) is 13.0 Å². The quantitative estimate of drug-likeness (QED) is 0.851. The van der Waals surface area contributed by atoms with Gasteiger partial charge in [-0.2, -0.15) is 0 Å². The lowest BCUT2D eigenvalue weighted by Gasteiger charge is -2.23. The van der Waals surface area contributed by atoms with Gasteiger partial charge in [0.15, 0.2) is 0 Å². The Labute approximate surface area is 122 Å². The van der Waals surface area contributed by atoms with Gasteiger partial charge in [-0.1, -0.05) is 18.2 Å². The number of thioether (sulfide) groups is 1. The molecule has 1 heterocycles. The summed E-state index contributed by atoms with van der Waals surface area (Å²) < 4.78 is 4.74. The molecule has 108 valence electrons. The van der Waals surface area contributed by atoms with E-state index in [1.54, 1.807) is 11.8 Å². The summed E-state index contributed by atoms with van der Waals surface area (Å²) in [6, 6.07) is 5.07. The summed E-state index contributed by atoms with van der Waals surface area (Å²) in [5.41, 5.74) is 2.80. The van der Waals surface area contributed by atoms with Gasteiger partial charge in [0.2, 0.25) is 0 Å². The lowest BCUT2D eigenvalue weighted by molar-refractivity contribution is -0.144. The molecule has 0 saturated carbocycles. The van der Waals surface area contributed by atoms with E-state index in [1.165, 1.54) is 12.0 Å². The highest BCUT2D eigenvalue weighted by Gasteiger charge is 2.35. The number of nitrogens with one attached hydrogen (secondary N) is 1. The molecule has 0 aromatic heterocycles. The Morgan fingerprint density at radius 3 is 2.60 bits per heavy atom. The van der Waals surface area contributed by atoms with E-state index in [0.717, 1.165) is 16.8 Å². The summed E-state index contributed by atoms with van der Waals surface area (Å²) in [7, 11) is 1.34. The first-order valence-electron chi connectivity index (χ1n) is 6.34. The molecule has 0 radical (unpaired) electrons. The van der Waals surface area contributed by atoms with Crippen LogP contribution >= 0.6 is 11.8 Å². The zero-order chi connectivity index (χ0) is 14.7. The maximum absolute atomic E-state index is 12.3.